The molecule has 3 nitrogen and oxygen atoms in total. The first-order chi connectivity index (χ1) is 16.1. The van der Waals surface area contributed by atoms with Gasteiger partial charge in [0.05, 0.1) is 6.10 Å². The summed E-state index contributed by atoms with van der Waals surface area (Å²) in [5.74, 6) is 1.87. The maximum atomic E-state index is 13.3. The fourth-order valence-electron chi connectivity index (χ4n) is 6.57. The van der Waals surface area contributed by atoms with Gasteiger partial charge in [0, 0.05) is 18.9 Å². The van der Waals surface area contributed by atoms with Crippen molar-refractivity contribution < 1.29 is 13.6 Å². The Morgan fingerprint density at radius 3 is 2.00 bits per heavy atom. The van der Waals surface area contributed by atoms with E-state index < -0.39 is 16.6 Å². The summed E-state index contributed by atoms with van der Waals surface area (Å²) in [6.45, 7) is 34.0. The van der Waals surface area contributed by atoms with Gasteiger partial charge >= 0.3 is 0 Å². The van der Waals surface area contributed by atoms with E-state index in [1.165, 1.54) is 0 Å². The molecule has 2 rings (SSSR count). The van der Waals surface area contributed by atoms with Crippen LogP contribution >= 0.6 is 0 Å². The quantitative estimate of drug-likeness (QED) is 0.274. The van der Waals surface area contributed by atoms with Gasteiger partial charge in [-0.3, -0.25) is 4.79 Å². The van der Waals surface area contributed by atoms with Crippen LogP contribution in [0.15, 0.2) is 0 Å². The zero-order valence-corrected chi connectivity index (χ0v) is 28.7. The Balaban J connectivity index is 2.06. The molecular formula is C31H62O3Si2. The standard InChI is InChI=1S/C31H62O3Si2/c1-23(20-22-33-35(11,12)28(2,3)4)15-16-24-25(32)17-18-26-30(8,9)27(19-21-31(24,26)10)34-36(13,14)29(5,6)7/h23-24,26-27H,15-22H2,1-14H3/t23-,24-,26-,27-,31+/m0/s1. The van der Waals surface area contributed by atoms with E-state index in [-0.39, 0.29) is 26.8 Å². The van der Waals surface area contributed by atoms with Gasteiger partial charge in [0.25, 0.3) is 0 Å². The van der Waals surface area contributed by atoms with Crippen LogP contribution in [-0.2, 0) is 13.6 Å². The van der Waals surface area contributed by atoms with Gasteiger partial charge in [-0.05, 0) is 97.5 Å². The second-order valence-electron chi connectivity index (χ2n) is 16.4. The van der Waals surface area contributed by atoms with Crippen molar-refractivity contribution in [2.75, 3.05) is 6.61 Å². The first kappa shape index (κ1) is 32.2. The number of rotatable bonds is 9. The van der Waals surface area contributed by atoms with Crippen molar-refractivity contribution in [1.29, 1.82) is 0 Å². The third kappa shape index (κ3) is 6.77. The van der Waals surface area contributed by atoms with Crippen LogP contribution in [0.1, 0.15) is 114 Å². The van der Waals surface area contributed by atoms with Gasteiger partial charge in [-0.15, -0.1) is 0 Å². The van der Waals surface area contributed by atoms with Gasteiger partial charge in [-0.1, -0.05) is 69.2 Å². The molecule has 0 spiro atoms. The van der Waals surface area contributed by atoms with Crippen molar-refractivity contribution in [2.24, 2.45) is 28.6 Å². The summed E-state index contributed by atoms with van der Waals surface area (Å²) in [6, 6.07) is 0. The summed E-state index contributed by atoms with van der Waals surface area (Å²) in [7, 11) is -3.53. The SMILES string of the molecule is C[C@H](CCO[Si](C)(C)C(C)(C)C)CC[C@H]1C(=O)CC[C@H]2C(C)(C)[C@@H](O[Si](C)(C)C(C)(C)C)CC[C@]12C. The normalized spacial score (nSPS) is 30.7. The van der Waals surface area contributed by atoms with Crippen LogP contribution in [0.4, 0.5) is 0 Å². The Bertz CT molecular complexity index is 759. The van der Waals surface area contributed by atoms with E-state index in [0.29, 0.717) is 23.7 Å². The first-order valence-corrected chi connectivity index (χ1v) is 20.7. The van der Waals surface area contributed by atoms with Crippen molar-refractivity contribution >= 4 is 22.4 Å². The van der Waals surface area contributed by atoms with E-state index in [1.54, 1.807) is 0 Å². The van der Waals surface area contributed by atoms with Crippen molar-refractivity contribution in [1.82, 2.24) is 0 Å². The predicted molar refractivity (Wildman–Crippen MR) is 161 cm³/mol. The zero-order valence-electron chi connectivity index (χ0n) is 26.7. The summed E-state index contributed by atoms with van der Waals surface area (Å²) in [5.41, 5.74) is 0.202. The molecule has 0 aromatic rings. The molecule has 2 saturated carbocycles. The summed E-state index contributed by atoms with van der Waals surface area (Å²) < 4.78 is 13.5. The van der Waals surface area contributed by atoms with Crippen LogP contribution in [0.5, 0.6) is 0 Å². The van der Waals surface area contributed by atoms with Crippen molar-refractivity contribution in [3.05, 3.63) is 0 Å². The molecule has 0 bridgehead atoms. The second-order valence-corrected chi connectivity index (χ2v) is 26.0. The number of hydrogen-bond donors (Lipinski definition) is 0. The third-order valence-electron chi connectivity index (χ3n) is 11.4. The molecule has 2 aliphatic carbocycles. The largest absolute Gasteiger partial charge is 0.417 e. The Hall–Kier alpha value is 0.0238. The number of hydrogen-bond acceptors (Lipinski definition) is 3. The minimum Gasteiger partial charge on any atom is -0.417 e. The molecular weight excluding hydrogens is 477 g/mol. The van der Waals surface area contributed by atoms with E-state index in [2.05, 4.69) is 95.4 Å². The lowest BCUT2D eigenvalue weighted by Gasteiger charge is -2.60. The van der Waals surface area contributed by atoms with Gasteiger partial charge in [0.2, 0.25) is 0 Å². The molecule has 0 heterocycles. The van der Waals surface area contributed by atoms with Crippen molar-refractivity contribution in [3.8, 4) is 0 Å². The summed E-state index contributed by atoms with van der Waals surface area (Å²) in [4.78, 5) is 13.3. The zero-order chi connectivity index (χ0) is 28.0. The lowest BCUT2D eigenvalue weighted by molar-refractivity contribution is -0.156. The molecule has 0 aromatic carbocycles. The van der Waals surface area contributed by atoms with Gasteiger partial charge in [0.15, 0.2) is 16.6 Å². The van der Waals surface area contributed by atoms with Crippen LogP contribution in [0.2, 0.25) is 36.3 Å². The Morgan fingerprint density at radius 2 is 1.47 bits per heavy atom. The summed E-state index contributed by atoms with van der Waals surface area (Å²) in [5, 5.41) is 0.480. The van der Waals surface area contributed by atoms with Crippen molar-refractivity contribution in [3.63, 3.8) is 0 Å². The number of carbonyl (C=O) groups is 1. The minimum atomic E-state index is -1.84. The highest BCUT2D eigenvalue weighted by molar-refractivity contribution is 6.74. The van der Waals surface area contributed by atoms with Crippen LogP contribution < -0.4 is 0 Å². The summed E-state index contributed by atoms with van der Waals surface area (Å²) in [6.07, 6.45) is 7.57. The fraction of sp³-hybridized carbons (Fsp3) is 0.968. The lowest BCUT2D eigenvalue weighted by Crippen LogP contribution is -2.59. The van der Waals surface area contributed by atoms with Crippen LogP contribution in [-0.4, -0.2) is 35.1 Å². The Kier molecular flexibility index (Phi) is 9.75. The van der Waals surface area contributed by atoms with E-state index in [9.17, 15) is 4.79 Å². The number of Topliss-reactive ketones (excluding diaryl/α,β-unsaturated/α-hetero) is 1. The highest BCUT2D eigenvalue weighted by Crippen LogP contribution is 2.61. The van der Waals surface area contributed by atoms with Crippen molar-refractivity contribution in [2.45, 2.75) is 157 Å². The Labute approximate surface area is 227 Å². The van der Waals surface area contributed by atoms with Gasteiger partial charge in [-0.25, -0.2) is 0 Å². The van der Waals surface area contributed by atoms with E-state index in [0.717, 1.165) is 51.6 Å². The maximum Gasteiger partial charge on any atom is 0.192 e. The second kappa shape index (κ2) is 10.9. The number of ketones is 1. The molecule has 2 aliphatic rings. The smallest absolute Gasteiger partial charge is 0.192 e. The highest BCUT2D eigenvalue weighted by atomic mass is 28.4. The highest BCUT2D eigenvalue weighted by Gasteiger charge is 2.58. The van der Waals surface area contributed by atoms with E-state index >= 15 is 0 Å². The predicted octanol–water partition coefficient (Wildman–Crippen LogP) is 9.63. The van der Waals surface area contributed by atoms with Gasteiger partial charge in [-0.2, -0.15) is 0 Å². The minimum absolute atomic E-state index is 0.101. The molecule has 0 unspecified atom stereocenters. The molecule has 0 amide bonds. The average molecular weight is 539 g/mol. The number of fused-ring (bicyclic) bond motifs is 1. The topological polar surface area (TPSA) is 35.5 Å². The number of carbonyl (C=O) groups excluding carboxylic acids is 1. The molecule has 2 fully saturated rings. The molecule has 0 aliphatic heterocycles. The summed E-state index contributed by atoms with van der Waals surface area (Å²) >= 11 is 0. The average Bonchev–Trinajstić information content (AvgIpc) is 2.67. The van der Waals surface area contributed by atoms with Crippen LogP contribution in [0, 0.1) is 28.6 Å². The first-order valence-electron chi connectivity index (χ1n) is 14.9. The van der Waals surface area contributed by atoms with Gasteiger partial charge < -0.3 is 8.85 Å². The van der Waals surface area contributed by atoms with E-state index in [4.69, 9.17) is 8.85 Å². The third-order valence-corrected chi connectivity index (χ3v) is 20.4. The molecule has 212 valence electrons. The molecule has 0 radical (unpaired) electrons. The van der Waals surface area contributed by atoms with Crippen LogP contribution in [0.3, 0.4) is 0 Å². The molecule has 36 heavy (non-hydrogen) atoms. The Morgan fingerprint density at radius 1 is 0.917 bits per heavy atom. The molecule has 0 saturated heterocycles. The van der Waals surface area contributed by atoms with Gasteiger partial charge in [0.1, 0.15) is 5.78 Å². The lowest BCUT2D eigenvalue weighted by atomic mass is 9.47. The fourth-order valence-corrected chi connectivity index (χ4v) is 9.12. The maximum absolute atomic E-state index is 13.3. The molecule has 0 aromatic heterocycles. The molecule has 5 atom stereocenters. The van der Waals surface area contributed by atoms with E-state index in [1.807, 2.05) is 0 Å². The van der Waals surface area contributed by atoms with Crippen LogP contribution in [0.25, 0.3) is 0 Å². The molecule has 5 heteroatoms. The molecule has 0 N–H and O–H groups in total. The monoisotopic (exact) mass is 538 g/mol.